The summed E-state index contributed by atoms with van der Waals surface area (Å²) >= 11 is 11.5. The Morgan fingerprint density at radius 1 is 0.295 bits per heavy atom. The molecule has 12 heteroatoms. The molecule has 0 saturated carbocycles. The first-order chi connectivity index (χ1) is 65.0. The van der Waals surface area contributed by atoms with Gasteiger partial charge in [0, 0.05) is 113 Å². The van der Waals surface area contributed by atoms with E-state index in [0.29, 0.717) is 56.4 Å². The molecule has 0 fully saturated rings. The lowest BCUT2D eigenvalue weighted by Gasteiger charge is -2.16. The fourth-order valence-electron chi connectivity index (χ4n) is 20.7. The third-order valence-corrected chi connectivity index (χ3v) is 35.4. The van der Waals surface area contributed by atoms with Gasteiger partial charge in [-0.1, -0.05) is 437 Å². The summed E-state index contributed by atoms with van der Waals surface area (Å²) in [6.45, 7) is 13.9. The van der Waals surface area contributed by atoms with Crippen LogP contribution in [-0.2, 0) is 25.7 Å². The highest BCUT2D eigenvalue weighted by atomic mass is 32.1. The number of thiophene rings is 6. The number of unbranched alkanes of at least 4 members (excludes halogenated alkanes) is 46. The lowest BCUT2D eigenvalue weighted by atomic mass is 9.91. The van der Waals surface area contributed by atoms with E-state index in [4.69, 9.17) is 0 Å². The Balaban J connectivity index is 1.10. The highest BCUT2D eigenvalue weighted by Crippen LogP contribution is 2.57. The molecule has 9 aromatic rings. The largest absolute Gasteiger partial charge is 0.289 e. The molecule has 0 N–H and O–H groups in total. The summed E-state index contributed by atoms with van der Waals surface area (Å²) in [7, 11) is 0. The summed E-state index contributed by atoms with van der Waals surface area (Å²) < 4.78 is 2.61. The minimum absolute atomic E-state index is 0.0414. The number of Topliss-reactive ketones (excluding diaryl/α,β-unsaturated/α-hetero) is 2. The van der Waals surface area contributed by atoms with Gasteiger partial charge in [-0.2, -0.15) is 21.0 Å². The topological polar surface area (TPSA) is 129 Å². The average Bonchev–Trinajstić information content (AvgIpc) is 1.56. The van der Waals surface area contributed by atoms with Crippen LogP contribution in [0, 0.1) is 57.2 Å². The quantitative estimate of drug-likeness (QED) is 0.0212. The molecule has 2 aliphatic carbocycles. The summed E-state index contributed by atoms with van der Waals surface area (Å²) in [5.74, 6) is 0.953. The molecule has 0 amide bonds. The summed E-state index contributed by atoms with van der Waals surface area (Å²) in [5.41, 5.74) is 9.16. The van der Waals surface area contributed by atoms with Crippen molar-refractivity contribution in [1.82, 2.24) is 0 Å². The normalized spacial score (nSPS) is 13.2. The maximum Gasteiger partial charge on any atom is 0.194 e. The Morgan fingerprint density at radius 2 is 0.561 bits per heavy atom. The number of ketones is 2. The summed E-state index contributed by atoms with van der Waals surface area (Å²) in [5, 5.41) is 45.0. The number of aryl methyl sites for hydroxylation is 2. The Hall–Kier alpha value is -7.36. The van der Waals surface area contributed by atoms with Crippen LogP contribution in [0.3, 0.4) is 0 Å². The van der Waals surface area contributed by atoms with Gasteiger partial charge in [0.25, 0.3) is 0 Å². The van der Waals surface area contributed by atoms with Gasteiger partial charge < -0.3 is 0 Å². The van der Waals surface area contributed by atoms with Crippen LogP contribution < -0.4 is 0 Å². The van der Waals surface area contributed by atoms with Crippen molar-refractivity contribution in [3.05, 3.63) is 172 Å². The molecule has 0 unspecified atom stereocenters. The molecule has 0 aliphatic heterocycles. The Bertz CT molecular complexity index is 4890. The zero-order valence-corrected chi connectivity index (χ0v) is 86.9. The van der Waals surface area contributed by atoms with E-state index < -0.39 is 0 Å². The smallest absolute Gasteiger partial charge is 0.194 e. The summed E-state index contributed by atoms with van der Waals surface area (Å²) in [6, 6.07) is 43.7. The number of benzene rings is 3. The maximum atomic E-state index is 14.9. The first kappa shape index (κ1) is 105. The Morgan fingerprint density at radius 3 is 0.841 bits per heavy atom. The molecule has 6 aromatic heterocycles. The molecule has 132 heavy (non-hydrogen) atoms. The highest BCUT2D eigenvalue weighted by molar-refractivity contribution is 7.29. The summed E-state index contributed by atoms with van der Waals surface area (Å²) in [6.07, 6.45) is 80.7. The van der Waals surface area contributed by atoms with E-state index in [1.807, 2.05) is 106 Å². The zero-order chi connectivity index (χ0) is 92.7. The predicted octanol–water partition coefficient (Wildman–Crippen LogP) is 40.6. The third-order valence-electron chi connectivity index (χ3n) is 28.2. The Kier molecular flexibility index (Phi) is 47.5. The fourth-order valence-corrected chi connectivity index (χ4v) is 28.2. The van der Waals surface area contributed by atoms with Crippen molar-refractivity contribution in [2.75, 3.05) is 0 Å². The number of carbonyl (C=O) groups excluding carboxylic acids is 2. The van der Waals surface area contributed by atoms with E-state index in [0.717, 1.165) is 61.1 Å². The zero-order valence-electron chi connectivity index (χ0n) is 82.0. The van der Waals surface area contributed by atoms with Crippen molar-refractivity contribution in [3.63, 3.8) is 0 Å². The number of hydrogen-bond donors (Lipinski definition) is 0. The minimum Gasteiger partial charge on any atom is -0.289 e. The molecule has 6 heterocycles. The molecule has 0 bridgehead atoms. The van der Waals surface area contributed by atoms with Crippen LogP contribution in [0.5, 0.6) is 0 Å². The van der Waals surface area contributed by atoms with E-state index >= 15 is 0 Å². The van der Waals surface area contributed by atoms with Gasteiger partial charge in [-0.05, 0) is 133 Å². The first-order valence-corrected chi connectivity index (χ1v) is 58.2. The number of hydrogen-bond acceptors (Lipinski definition) is 12. The van der Waals surface area contributed by atoms with E-state index in [1.165, 1.54) is 415 Å². The van der Waals surface area contributed by atoms with E-state index in [2.05, 4.69) is 114 Å². The standard InChI is InChI=1S/C120H158N4O2S6/c1-7-13-19-25-31-37-39-45-51-57-67-91-79-97(81-103-111(93(85-121)86-122)99-69-59-61-71-101(99)115(103)125)129-117(91)109-83-105-113(107-75-73-95(127-107)77-89(63-53-47-41-33-27-21-15-9-3)64-54-48-42-34-28-22-16-10-4)120-106(114(119(105)131-109)108-76-74-96(128-108)78-90(65-55-49-43-35-29-23-17-11-5)66-56-50-44-36-30-24-18-12-6)84-110(132-120)118-92(68-58-52-46-40-38-32-26-20-14-8-2)80-98(130-118)82-104-112(94(87-123)88-124)100-70-60-62-72-102(100)116(104)126/h59-62,69-76,79-84,89-90H,7-58,63-68,77-78H2,1-6H3/b103-81-,104-82-. The van der Waals surface area contributed by atoms with Crippen LogP contribution in [0.4, 0.5) is 0 Å². The molecule has 706 valence electrons. The van der Waals surface area contributed by atoms with E-state index in [-0.39, 0.29) is 22.7 Å². The minimum atomic E-state index is -0.149. The van der Waals surface area contributed by atoms with Gasteiger partial charge in [0.2, 0.25) is 0 Å². The molecular weight excluding hydrogens is 1720 g/mol. The highest BCUT2D eigenvalue weighted by Gasteiger charge is 2.36. The van der Waals surface area contributed by atoms with Gasteiger partial charge in [0.05, 0.1) is 0 Å². The first-order valence-electron chi connectivity index (χ1n) is 53.3. The van der Waals surface area contributed by atoms with Crippen molar-refractivity contribution in [2.45, 2.75) is 427 Å². The monoisotopic (exact) mass is 1880 g/mol. The average molecular weight is 1880 g/mol. The van der Waals surface area contributed by atoms with Crippen LogP contribution in [0.2, 0.25) is 0 Å². The van der Waals surface area contributed by atoms with Crippen LogP contribution >= 0.6 is 68.0 Å². The van der Waals surface area contributed by atoms with Gasteiger partial charge in [-0.25, -0.2) is 0 Å². The fraction of sp³-hybridized carbons (Fsp3) is 0.567. The lowest BCUT2D eigenvalue weighted by molar-refractivity contribution is 0.103. The van der Waals surface area contributed by atoms with Crippen LogP contribution in [0.15, 0.2) is 119 Å². The number of nitriles is 4. The molecule has 11 rings (SSSR count). The second-order valence-electron chi connectivity index (χ2n) is 38.9. The SMILES string of the molecule is CCCCCCCCCCCCc1cc(/C=C2\C(=O)c3ccccc3C2=C(C#N)C#N)sc1-c1cc2c(-c3ccc(CC(CCCCCCCCCC)CCCCCCCCCC)s3)c3sc(-c4sc(/C=C5\C(=O)c6ccccc6C5=C(C#N)C#N)cc4CCCCCCCCCCCC)cc3c(-c3ccc(CC(CCCCCCCCCC)CCCCCCCCCC)s3)c2s1. The number of nitrogens with zero attached hydrogens (tertiary/aromatic N) is 4. The van der Waals surface area contributed by atoms with Gasteiger partial charge in [-0.15, -0.1) is 68.0 Å². The molecule has 0 atom stereocenters. The van der Waals surface area contributed by atoms with Crippen LogP contribution in [0.25, 0.3) is 83.9 Å². The molecule has 3 aromatic carbocycles. The summed E-state index contributed by atoms with van der Waals surface area (Å²) in [4.78, 5) is 42.2. The predicted molar refractivity (Wildman–Crippen MR) is 579 cm³/mol. The second-order valence-corrected chi connectivity index (χ2v) is 45.5. The number of rotatable bonds is 68. The lowest BCUT2D eigenvalue weighted by Crippen LogP contribution is -2.04. The number of carbonyl (C=O) groups is 2. The van der Waals surface area contributed by atoms with Crippen molar-refractivity contribution in [1.29, 1.82) is 21.0 Å². The van der Waals surface area contributed by atoms with Gasteiger partial charge in [-0.3, -0.25) is 9.59 Å². The Labute approximate surface area is 822 Å². The maximum absolute atomic E-state index is 14.9. The molecular formula is C120H158N4O2S6. The number of fused-ring (bicyclic) bond motifs is 4. The third kappa shape index (κ3) is 31.3. The molecule has 0 radical (unpaired) electrons. The van der Waals surface area contributed by atoms with Crippen molar-refractivity contribution in [3.8, 4) is 64.7 Å². The van der Waals surface area contributed by atoms with E-state index in [1.54, 1.807) is 22.7 Å². The van der Waals surface area contributed by atoms with E-state index in [9.17, 15) is 30.6 Å². The van der Waals surface area contributed by atoms with Gasteiger partial charge in [0.15, 0.2) is 11.6 Å². The molecule has 2 aliphatic rings. The van der Waals surface area contributed by atoms with Gasteiger partial charge in [0.1, 0.15) is 35.4 Å². The van der Waals surface area contributed by atoms with Gasteiger partial charge >= 0.3 is 0 Å². The molecule has 0 spiro atoms. The van der Waals surface area contributed by atoms with Crippen molar-refractivity contribution in [2.24, 2.45) is 11.8 Å². The van der Waals surface area contributed by atoms with Crippen LogP contribution in [0.1, 0.15) is 464 Å². The van der Waals surface area contributed by atoms with Crippen LogP contribution in [-0.4, -0.2) is 11.6 Å². The molecule has 0 saturated heterocycles. The van der Waals surface area contributed by atoms with Crippen molar-refractivity contribution < 1.29 is 9.59 Å². The second kappa shape index (κ2) is 59.6. The van der Waals surface area contributed by atoms with Crippen molar-refractivity contribution >= 4 is 123 Å². The number of allylic oxidation sites excluding steroid dienone is 6. The molecule has 6 nitrogen and oxygen atoms in total.